The van der Waals surface area contributed by atoms with E-state index in [0.717, 1.165) is 25.8 Å². The zero-order chi connectivity index (χ0) is 14.6. The van der Waals surface area contributed by atoms with Gasteiger partial charge < -0.3 is 0 Å². The molecule has 1 unspecified atom stereocenters. The third kappa shape index (κ3) is 7.72. The lowest BCUT2D eigenvalue weighted by atomic mass is 9.98. The summed E-state index contributed by atoms with van der Waals surface area (Å²) < 4.78 is 0. The molecule has 1 atom stereocenters. The molecule has 20 heavy (non-hydrogen) atoms. The molecule has 0 saturated heterocycles. The van der Waals surface area contributed by atoms with Gasteiger partial charge in [-0.25, -0.2) is 0 Å². The first-order valence-corrected chi connectivity index (χ1v) is 7.46. The highest BCUT2D eigenvalue weighted by Gasteiger charge is 2.02. The van der Waals surface area contributed by atoms with Crippen molar-refractivity contribution in [2.75, 3.05) is 13.2 Å². The molecule has 0 spiro atoms. The molecule has 1 aliphatic carbocycles. The SMILES string of the molecule is CCCN(CN=CCC1C=CC=CC1)N=CC=C(C)C. The highest BCUT2D eigenvalue weighted by atomic mass is 15.5. The Morgan fingerprint density at radius 3 is 2.85 bits per heavy atom. The molecule has 1 rings (SSSR count). The van der Waals surface area contributed by atoms with Crippen molar-refractivity contribution in [2.24, 2.45) is 16.0 Å². The monoisotopic (exact) mass is 273 g/mol. The number of rotatable bonds is 8. The van der Waals surface area contributed by atoms with Crippen molar-refractivity contribution in [3.63, 3.8) is 0 Å². The molecule has 3 nitrogen and oxygen atoms in total. The Kier molecular flexibility index (Phi) is 8.36. The van der Waals surface area contributed by atoms with Crippen LogP contribution in [0.4, 0.5) is 0 Å². The van der Waals surface area contributed by atoms with E-state index in [9.17, 15) is 0 Å². The summed E-state index contributed by atoms with van der Waals surface area (Å²) in [4.78, 5) is 4.49. The van der Waals surface area contributed by atoms with Gasteiger partial charge in [-0.15, -0.1) is 0 Å². The van der Waals surface area contributed by atoms with E-state index in [2.05, 4.69) is 55.2 Å². The van der Waals surface area contributed by atoms with Crippen LogP contribution in [0.2, 0.25) is 0 Å². The summed E-state index contributed by atoms with van der Waals surface area (Å²) in [5.41, 5.74) is 1.26. The van der Waals surface area contributed by atoms with E-state index in [1.54, 1.807) is 0 Å². The minimum Gasteiger partial charge on any atom is -0.276 e. The zero-order valence-corrected chi connectivity index (χ0v) is 13.0. The Bertz CT molecular complexity index is 398. The maximum atomic E-state index is 4.49. The van der Waals surface area contributed by atoms with Crippen LogP contribution in [0.15, 0.2) is 46.0 Å². The lowest BCUT2D eigenvalue weighted by molar-refractivity contribution is 0.300. The molecule has 0 aromatic carbocycles. The largest absolute Gasteiger partial charge is 0.276 e. The highest BCUT2D eigenvalue weighted by molar-refractivity contribution is 5.71. The van der Waals surface area contributed by atoms with E-state index in [-0.39, 0.29) is 0 Å². The number of hydrazone groups is 1. The van der Waals surface area contributed by atoms with Gasteiger partial charge in [0, 0.05) is 19.0 Å². The summed E-state index contributed by atoms with van der Waals surface area (Å²) in [6.45, 7) is 7.89. The lowest BCUT2D eigenvalue weighted by Crippen LogP contribution is -2.18. The standard InChI is InChI=1S/C17H27N3/c1-4-14-20(19-13-10-16(2)3)15-18-12-11-17-8-6-5-7-9-17/h5-8,10,12-13,17H,4,9,11,14-15H2,1-3H3. The Morgan fingerprint density at radius 2 is 2.20 bits per heavy atom. The number of aliphatic imine (C=N–C) groups is 1. The van der Waals surface area contributed by atoms with Crippen LogP contribution in [0, 0.1) is 5.92 Å². The minimum absolute atomic E-state index is 0.609. The van der Waals surface area contributed by atoms with E-state index in [1.807, 2.05) is 23.5 Å². The third-order valence-corrected chi connectivity index (χ3v) is 2.97. The summed E-state index contributed by atoms with van der Waals surface area (Å²) >= 11 is 0. The molecule has 0 amide bonds. The van der Waals surface area contributed by atoms with Crippen molar-refractivity contribution >= 4 is 12.4 Å². The predicted octanol–water partition coefficient (Wildman–Crippen LogP) is 4.20. The molecule has 0 N–H and O–H groups in total. The maximum absolute atomic E-state index is 4.49. The predicted molar refractivity (Wildman–Crippen MR) is 89.3 cm³/mol. The van der Waals surface area contributed by atoms with Crippen LogP contribution in [-0.4, -0.2) is 30.7 Å². The van der Waals surface area contributed by atoms with E-state index in [0.29, 0.717) is 12.6 Å². The quantitative estimate of drug-likeness (QED) is 0.481. The fourth-order valence-electron chi connectivity index (χ4n) is 1.87. The van der Waals surface area contributed by atoms with Crippen molar-refractivity contribution in [3.8, 4) is 0 Å². The van der Waals surface area contributed by atoms with Gasteiger partial charge in [-0.05, 0) is 45.1 Å². The number of hydrogen-bond donors (Lipinski definition) is 0. The Balaban J connectivity index is 2.33. The molecule has 0 saturated carbocycles. The fourth-order valence-corrected chi connectivity index (χ4v) is 1.87. The van der Waals surface area contributed by atoms with Crippen LogP contribution < -0.4 is 0 Å². The van der Waals surface area contributed by atoms with Gasteiger partial charge in [-0.1, -0.05) is 36.8 Å². The van der Waals surface area contributed by atoms with Gasteiger partial charge in [0.25, 0.3) is 0 Å². The van der Waals surface area contributed by atoms with Crippen molar-refractivity contribution in [1.82, 2.24) is 5.01 Å². The van der Waals surface area contributed by atoms with Crippen LogP contribution in [0.5, 0.6) is 0 Å². The van der Waals surface area contributed by atoms with E-state index >= 15 is 0 Å². The molecule has 0 heterocycles. The molecule has 110 valence electrons. The second kappa shape index (κ2) is 10.2. The summed E-state index contributed by atoms with van der Waals surface area (Å²) in [6.07, 6.45) is 17.8. The van der Waals surface area contributed by atoms with Crippen LogP contribution in [0.1, 0.15) is 40.0 Å². The summed E-state index contributed by atoms with van der Waals surface area (Å²) in [5, 5.41) is 6.44. The van der Waals surface area contributed by atoms with Crippen molar-refractivity contribution in [3.05, 3.63) is 36.0 Å². The first-order valence-electron chi connectivity index (χ1n) is 7.46. The maximum Gasteiger partial charge on any atom is 0.125 e. The van der Waals surface area contributed by atoms with Gasteiger partial charge in [-0.2, -0.15) is 5.10 Å². The van der Waals surface area contributed by atoms with E-state index in [4.69, 9.17) is 0 Å². The molecule has 0 bridgehead atoms. The number of nitrogens with zero attached hydrogens (tertiary/aromatic N) is 3. The van der Waals surface area contributed by atoms with Crippen molar-refractivity contribution in [1.29, 1.82) is 0 Å². The normalized spacial score (nSPS) is 18.1. The molecule has 0 aromatic rings. The second-order valence-corrected chi connectivity index (χ2v) is 5.29. The minimum atomic E-state index is 0.609. The van der Waals surface area contributed by atoms with E-state index in [1.165, 1.54) is 5.57 Å². The first-order chi connectivity index (χ1) is 9.72. The van der Waals surface area contributed by atoms with Gasteiger partial charge in [0.2, 0.25) is 0 Å². The van der Waals surface area contributed by atoms with Gasteiger partial charge in [0.15, 0.2) is 0 Å². The lowest BCUT2D eigenvalue weighted by Gasteiger charge is -2.15. The Labute approximate surface area is 123 Å². The van der Waals surface area contributed by atoms with Crippen LogP contribution in [-0.2, 0) is 0 Å². The van der Waals surface area contributed by atoms with Crippen molar-refractivity contribution in [2.45, 2.75) is 40.0 Å². The molecular formula is C17H27N3. The van der Waals surface area contributed by atoms with Crippen molar-refractivity contribution < 1.29 is 0 Å². The third-order valence-electron chi connectivity index (χ3n) is 2.97. The molecular weight excluding hydrogens is 246 g/mol. The molecule has 0 aromatic heterocycles. The second-order valence-electron chi connectivity index (χ2n) is 5.29. The van der Waals surface area contributed by atoms with Gasteiger partial charge in [0.05, 0.1) is 0 Å². The highest BCUT2D eigenvalue weighted by Crippen LogP contribution is 2.13. The van der Waals surface area contributed by atoms with Crippen LogP contribution in [0.3, 0.4) is 0 Å². The topological polar surface area (TPSA) is 28.0 Å². The molecule has 1 aliphatic rings. The number of hydrogen-bond acceptors (Lipinski definition) is 3. The zero-order valence-electron chi connectivity index (χ0n) is 13.0. The molecule has 0 fully saturated rings. The summed E-state index contributed by atoms with van der Waals surface area (Å²) in [5.74, 6) is 0.609. The van der Waals surface area contributed by atoms with Gasteiger partial charge in [-0.3, -0.25) is 10.0 Å². The van der Waals surface area contributed by atoms with Gasteiger partial charge >= 0.3 is 0 Å². The number of allylic oxidation sites excluding steroid dienone is 6. The van der Waals surface area contributed by atoms with Gasteiger partial charge in [0.1, 0.15) is 6.67 Å². The Morgan fingerprint density at radius 1 is 1.35 bits per heavy atom. The average molecular weight is 273 g/mol. The van der Waals surface area contributed by atoms with Crippen LogP contribution in [0.25, 0.3) is 0 Å². The van der Waals surface area contributed by atoms with Crippen LogP contribution >= 0.6 is 0 Å². The molecule has 0 aliphatic heterocycles. The average Bonchev–Trinajstić information content (AvgIpc) is 2.44. The Hall–Kier alpha value is -1.64. The molecule has 0 radical (unpaired) electrons. The fraction of sp³-hybridized carbons (Fsp3) is 0.529. The first kappa shape index (κ1) is 16.4. The van der Waals surface area contributed by atoms with E-state index < -0.39 is 0 Å². The summed E-state index contributed by atoms with van der Waals surface area (Å²) in [6, 6.07) is 0. The molecule has 3 heteroatoms. The smallest absolute Gasteiger partial charge is 0.125 e. The summed E-state index contributed by atoms with van der Waals surface area (Å²) in [7, 11) is 0.